The molecule has 1 atom stereocenters. The van der Waals surface area contributed by atoms with Crippen molar-refractivity contribution in [3.8, 4) is 0 Å². The number of amides is 2. The van der Waals surface area contributed by atoms with Crippen molar-refractivity contribution >= 4 is 11.8 Å². The molecule has 1 unspecified atom stereocenters. The molecule has 2 aromatic rings. The van der Waals surface area contributed by atoms with Crippen LogP contribution in [-0.2, 0) is 9.53 Å². The zero-order chi connectivity index (χ0) is 16.1. The van der Waals surface area contributed by atoms with E-state index in [1.54, 1.807) is 29.2 Å². The van der Waals surface area contributed by atoms with Gasteiger partial charge in [0.15, 0.2) is 0 Å². The molecule has 2 amide bonds. The third kappa shape index (κ3) is 3.76. The first-order valence-electron chi connectivity index (χ1n) is 7.51. The molecule has 1 N–H and O–H groups in total. The Kier molecular flexibility index (Phi) is 4.68. The topological polar surface area (TPSA) is 58.6 Å². The van der Waals surface area contributed by atoms with Crippen molar-refractivity contribution in [2.24, 2.45) is 0 Å². The van der Waals surface area contributed by atoms with Crippen molar-refractivity contribution in [3.05, 3.63) is 71.8 Å². The quantitative estimate of drug-likeness (QED) is 0.939. The fraction of sp³-hybridized carbons (Fsp3) is 0.222. The smallest absolute Gasteiger partial charge is 0.251 e. The van der Waals surface area contributed by atoms with E-state index in [0.29, 0.717) is 12.1 Å². The van der Waals surface area contributed by atoms with Gasteiger partial charge in [0.2, 0.25) is 5.91 Å². The second kappa shape index (κ2) is 7.07. The van der Waals surface area contributed by atoms with Crippen molar-refractivity contribution in [2.45, 2.75) is 6.10 Å². The number of ether oxygens (including phenoxy) is 1. The largest absolute Gasteiger partial charge is 0.351 e. The summed E-state index contributed by atoms with van der Waals surface area (Å²) in [4.78, 5) is 25.7. The van der Waals surface area contributed by atoms with E-state index in [1.807, 2.05) is 36.4 Å². The molecule has 1 aliphatic heterocycles. The van der Waals surface area contributed by atoms with Crippen LogP contribution in [-0.4, -0.2) is 36.5 Å². The number of nitrogens with zero attached hydrogens (tertiary/aromatic N) is 1. The zero-order valence-corrected chi connectivity index (χ0v) is 12.6. The molecule has 0 spiro atoms. The summed E-state index contributed by atoms with van der Waals surface area (Å²) in [5.41, 5.74) is 1.59. The van der Waals surface area contributed by atoms with Gasteiger partial charge in [0.25, 0.3) is 5.91 Å². The normalized spacial score (nSPS) is 17.0. The summed E-state index contributed by atoms with van der Waals surface area (Å²) < 4.78 is 5.66. The fourth-order valence-electron chi connectivity index (χ4n) is 2.49. The number of carbonyl (C=O) groups is 2. The third-order valence-corrected chi connectivity index (χ3v) is 3.78. The van der Waals surface area contributed by atoms with Gasteiger partial charge in [-0.1, -0.05) is 48.5 Å². The first-order chi connectivity index (χ1) is 11.2. The van der Waals surface area contributed by atoms with Gasteiger partial charge in [-0.2, -0.15) is 0 Å². The van der Waals surface area contributed by atoms with Crippen molar-refractivity contribution < 1.29 is 14.3 Å². The van der Waals surface area contributed by atoms with E-state index in [1.165, 1.54) is 0 Å². The van der Waals surface area contributed by atoms with Crippen LogP contribution in [0.3, 0.4) is 0 Å². The summed E-state index contributed by atoms with van der Waals surface area (Å²) in [5, 5.41) is 2.64. The minimum atomic E-state index is -0.251. The molecule has 5 heteroatoms. The average Bonchev–Trinajstić information content (AvgIpc) is 3.11. The Balaban J connectivity index is 1.51. The molecule has 2 aromatic carbocycles. The number of carbonyl (C=O) groups excluding carboxylic acids is 2. The van der Waals surface area contributed by atoms with E-state index in [0.717, 1.165) is 5.56 Å². The van der Waals surface area contributed by atoms with Gasteiger partial charge >= 0.3 is 0 Å². The van der Waals surface area contributed by atoms with Gasteiger partial charge in [0, 0.05) is 5.56 Å². The highest BCUT2D eigenvalue weighted by atomic mass is 16.5. The monoisotopic (exact) mass is 310 g/mol. The second-order valence-electron chi connectivity index (χ2n) is 5.36. The predicted molar refractivity (Wildman–Crippen MR) is 85.6 cm³/mol. The maximum Gasteiger partial charge on any atom is 0.251 e. The van der Waals surface area contributed by atoms with Gasteiger partial charge in [0.1, 0.15) is 12.8 Å². The second-order valence-corrected chi connectivity index (χ2v) is 5.36. The molecule has 1 heterocycles. The van der Waals surface area contributed by atoms with E-state index >= 15 is 0 Å². The first kappa shape index (κ1) is 15.2. The fourth-order valence-corrected chi connectivity index (χ4v) is 2.49. The van der Waals surface area contributed by atoms with Gasteiger partial charge in [-0.3, -0.25) is 9.59 Å². The van der Waals surface area contributed by atoms with Gasteiger partial charge in [-0.25, -0.2) is 0 Å². The number of hydrogen-bond acceptors (Lipinski definition) is 3. The lowest BCUT2D eigenvalue weighted by Gasteiger charge is -2.14. The van der Waals surface area contributed by atoms with Crippen LogP contribution in [0.25, 0.3) is 0 Å². The number of nitrogens with one attached hydrogen (secondary N) is 1. The molecule has 0 radical (unpaired) electrons. The molecule has 0 bridgehead atoms. The van der Waals surface area contributed by atoms with Gasteiger partial charge < -0.3 is 15.0 Å². The molecule has 0 aromatic heterocycles. The van der Waals surface area contributed by atoms with E-state index in [2.05, 4.69) is 5.32 Å². The zero-order valence-electron chi connectivity index (χ0n) is 12.6. The molecule has 0 saturated carbocycles. The molecule has 0 aliphatic carbocycles. The van der Waals surface area contributed by atoms with Crippen LogP contribution in [0.5, 0.6) is 0 Å². The molecular weight excluding hydrogens is 292 g/mol. The number of rotatable bonds is 4. The van der Waals surface area contributed by atoms with Crippen LogP contribution in [0.4, 0.5) is 0 Å². The molecule has 3 rings (SSSR count). The summed E-state index contributed by atoms with van der Waals surface area (Å²) in [6.07, 6.45) is -0.107. The van der Waals surface area contributed by atoms with Gasteiger partial charge in [-0.15, -0.1) is 0 Å². The Labute approximate surface area is 134 Å². The first-order valence-corrected chi connectivity index (χ1v) is 7.51. The highest BCUT2D eigenvalue weighted by Gasteiger charge is 2.27. The molecular formula is C18H18N2O3. The van der Waals surface area contributed by atoms with Crippen molar-refractivity contribution in [1.82, 2.24) is 10.2 Å². The lowest BCUT2D eigenvalue weighted by atomic mass is 10.1. The Morgan fingerprint density at radius 1 is 1.04 bits per heavy atom. The summed E-state index contributed by atoms with van der Waals surface area (Å²) in [6.45, 7) is 0.724. The van der Waals surface area contributed by atoms with Crippen molar-refractivity contribution in [3.63, 3.8) is 0 Å². The van der Waals surface area contributed by atoms with Crippen LogP contribution in [0, 0.1) is 0 Å². The Morgan fingerprint density at radius 2 is 1.70 bits per heavy atom. The lowest BCUT2D eigenvalue weighted by molar-refractivity contribution is -0.130. The van der Waals surface area contributed by atoms with E-state index in [9.17, 15) is 9.59 Å². The van der Waals surface area contributed by atoms with Gasteiger partial charge in [-0.05, 0) is 17.7 Å². The Morgan fingerprint density at radius 3 is 2.39 bits per heavy atom. The number of hydrogen-bond donors (Lipinski definition) is 1. The molecule has 1 saturated heterocycles. The molecule has 5 nitrogen and oxygen atoms in total. The maximum atomic E-state index is 12.2. The van der Waals surface area contributed by atoms with E-state index in [4.69, 9.17) is 4.74 Å². The molecule has 1 fully saturated rings. The van der Waals surface area contributed by atoms with Crippen molar-refractivity contribution in [2.75, 3.05) is 19.8 Å². The Bertz CT molecular complexity index is 673. The van der Waals surface area contributed by atoms with Gasteiger partial charge in [0.05, 0.1) is 13.1 Å². The van der Waals surface area contributed by atoms with E-state index in [-0.39, 0.29) is 31.2 Å². The highest BCUT2D eigenvalue weighted by Crippen LogP contribution is 2.23. The summed E-state index contributed by atoms with van der Waals surface area (Å²) >= 11 is 0. The van der Waals surface area contributed by atoms with Crippen LogP contribution < -0.4 is 5.32 Å². The number of benzene rings is 2. The minimum absolute atomic E-state index is 0.0292. The maximum absolute atomic E-state index is 12.2. The van der Waals surface area contributed by atoms with Crippen LogP contribution in [0.1, 0.15) is 22.0 Å². The standard InChI is InChI=1S/C18H18N2O3/c21-17(11-19-18(22)15-9-5-2-6-10-15)20-12-16(23-13-20)14-7-3-1-4-8-14/h1-10,16H,11-13H2,(H,19,22). The average molecular weight is 310 g/mol. The third-order valence-electron chi connectivity index (χ3n) is 3.78. The van der Waals surface area contributed by atoms with Crippen LogP contribution in [0.15, 0.2) is 60.7 Å². The SMILES string of the molecule is O=C(NCC(=O)N1COC(c2ccccc2)C1)c1ccccc1. The Hall–Kier alpha value is -2.66. The highest BCUT2D eigenvalue weighted by molar-refractivity contribution is 5.96. The summed E-state index contributed by atoms with van der Waals surface area (Å²) in [5.74, 6) is -0.397. The minimum Gasteiger partial charge on any atom is -0.351 e. The van der Waals surface area contributed by atoms with Crippen LogP contribution in [0.2, 0.25) is 0 Å². The molecule has 118 valence electrons. The predicted octanol–water partition coefficient (Wildman–Crippen LogP) is 1.97. The van der Waals surface area contributed by atoms with E-state index < -0.39 is 0 Å². The van der Waals surface area contributed by atoms with Crippen molar-refractivity contribution in [1.29, 1.82) is 0 Å². The summed E-state index contributed by atoms with van der Waals surface area (Å²) in [7, 11) is 0. The molecule has 23 heavy (non-hydrogen) atoms. The molecule has 1 aliphatic rings. The summed E-state index contributed by atoms with van der Waals surface area (Å²) in [6, 6.07) is 18.6. The van der Waals surface area contributed by atoms with Crippen LogP contribution >= 0.6 is 0 Å². The lowest BCUT2D eigenvalue weighted by Crippen LogP contribution is -2.39.